The minimum Gasteiger partial charge on any atom is -0.354 e. The minimum absolute atomic E-state index is 0.113. The maximum Gasteiger partial charge on any atom is 0.227 e. The van der Waals surface area contributed by atoms with E-state index in [4.69, 9.17) is 15.0 Å². The first-order chi connectivity index (χ1) is 16.0. The van der Waals surface area contributed by atoms with Crippen molar-refractivity contribution < 1.29 is 4.79 Å². The molecule has 33 heavy (non-hydrogen) atoms. The smallest absolute Gasteiger partial charge is 0.227 e. The molecule has 2 aliphatic heterocycles. The van der Waals surface area contributed by atoms with E-state index < -0.39 is 0 Å². The number of amidine groups is 1. The van der Waals surface area contributed by atoms with Crippen LogP contribution in [0.3, 0.4) is 0 Å². The molecule has 10 heteroatoms. The third kappa shape index (κ3) is 5.69. The van der Waals surface area contributed by atoms with Crippen molar-refractivity contribution in [3.05, 3.63) is 30.3 Å². The van der Waals surface area contributed by atoms with Gasteiger partial charge in [0.2, 0.25) is 5.91 Å². The predicted octanol–water partition coefficient (Wildman–Crippen LogP) is 3.13. The number of rotatable bonds is 6. The topological polar surface area (TPSA) is 98.1 Å². The molecule has 1 aromatic heterocycles. The second-order valence-electron chi connectivity index (χ2n) is 8.74. The molecule has 1 saturated heterocycles. The van der Waals surface area contributed by atoms with Crippen LogP contribution < -0.4 is 15.6 Å². The monoisotopic (exact) mass is 464 g/mol. The second kappa shape index (κ2) is 9.48. The molecule has 3 aliphatic rings. The van der Waals surface area contributed by atoms with Crippen molar-refractivity contribution >= 4 is 46.5 Å². The van der Waals surface area contributed by atoms with Gasteiger partial charge in [-0.15, -0.1) is 0 Å². The normalized spacial score (nSPS) is 20.0. The number of hydrogen-bond donors (Lipinski definition) is 2. The Kier molecular flexibility index (Phi) is 6.28. The summed E-state index contributed by atoms with van der Waals surface area (Å²) in [4.78, 5) is 31.8. The summed E-state index contributed by atoms with van der Waals surface area (Å²) in [5.41, 5.74) is 4.80. The highest BCUT2D eigenvalue weighted by Gasteiger charge is 2.29. The van der Waals surface area contributed by atoms with Crippen LogP contribution in [0.1, 0.15) is 26.2 Å². The summed E-state index contributed by atoms with van der Waals surface area (Å²) in [7, 11) is 2.14. The maximum atomic E-state index is 12.0. The number of piperazine rings is 1. The summed E-state index contributed by atoms with van der Waals surface area (Å²) in [6.45, 7) is 5.81. The fraction of sp³-hybridized carbons (Fsp3) is 0.435. The summed E-state index contributed by atoms with van der Waals surface area (Å²) in [5.74, 6) is 2.61. The molecule has 2 N–H and O–H groups in total. The highest BCUT2D eigenvalue weighted by atomic mass is 32.2. The summed E-state index contributed by atoms with van der Waals surface area (Å²) >= 11 is 1.49. The number of aliphatic imine (C=N–C) groups is 1. The molecule has 0 radical (unpaired) electrons. The average Bonchev–Trinajstić information content (AvgIpc) is 3.58. The van der Waals surface area contributed by atoms with Crippen molar-refractivity contribution in [2.24, 2.45) is 16.0 Å². The van der Waals surface area contributed by atoms with Gasteiger partial charge in [0, 0.05) is 60.9 Å². The fourth-order valence-corrected chi connectivity index (χ4v) is 4.45. The maximum absolute atomic E-state index is 12.0. The van der Waals surface area contributed by atoms with Crippen LogP contribution in [0.25, 0.3) is 0 Å². The molecule has 2 fully saturated rings. The van der Waals surface area contributed by atoms with Gasteiger partial charge in [0.1, 0.15) is 11.7 Å². The lowest BCUT2D eigenvalue weighted by molar-refractivity contribution is -0.117. The van der Waals surface area contributed by atoms with Crippen molar-refractivity contribution in [2.75, 3.05) is 43.4 Å². The van der Waals surface area contributed by atoms with Crippen LogP contribution in [-0.2, 0) is 4.79 Å². The zero-order valence-electron chi connectivity index (χ0n) is 18.9. The molecule has 9 nitrogen and oxygen atoms in total. The second-order valence-corrected chi connectivity index (χ2v) is 9.78. The Hall–Kier alpha value is -2.98. The van der Waals surface area contributed by atoms with Crippen LogP contribution in [0.4, 0.5) is 17.3 Å². The number of carbonyl (C=O) groups excluding carboxylic acids is 1. The van der Waals surface area contributed by atoms with Crippen LogP contribution >= 0.6 is 11.8 Å². The molecule has 1 aromatic carbocycles. The zero-order chi connectivity index (χ0) is 22.8. The van der Waals surface area contributed by atoms with E-state index in [9.17, 15) is 4.79 Å². The highest BCUT2D eigenvalue weighted by molar-refractivity contribution is 7.99. The van der Waals surface area contributed by atoms with E-state index in [1.54, 1.807) is 0 Å². The van der Waals surface area contributed by atoms with Crippen molar-refractivity contribution in [2.45, 2.75) is 36.2 Å². The molecule has 0 atom stereocenters. The first-order valence-corrected chi connectivity index (χ1v) is 12.1. The number of benzene rings is 1. The van der Waals surface area contributed by atoms with Gasteiger partial charge in [0.15, 0.2) is 11.0 Å². The number of nitrogens with one attached hydrogen (secondary N) is 2. The van der Waals surface area contributed by atoms with Gasteiger partial charge in [-0.3, -0.25) is 10.2 Å². The summed E-state index contributed by atoms with van der Waals surface area (Å²) in [6.07, 6.45) is 2.69. The van der Waals surface area contributed by atoms with Gasteiger partial charge in [-0.2, -0.15) is 5.10 Å². The number of anilines is 2. The zero-order valence-corrected chi connectivity index (χ0v) is 19.7. The van der Waals surface area contributed by atoms with Crippen molar-refractivity contribution in [3.8, 4) is 0 Å². The Morgan fingerprint density at radius 1 is 1.15 bits per heavy atom. The van der Waals surface area contributed by atoms with E-state index in [0.29, 0.717) is 17.4 Å². The quantitative estimate of drug-likeness (QED) is 0.634. The SMILES string of the molecule is CC1=NNC(=Nc2cc(N3CCN(C)CC3)nc(Sc3ccc(NC(=O)C4CC4)cc3)n2)C1. The first kappa shape index (κ1) is 21.8. The predicted molar refractivity (Wildman–Crippen MR) is 132 cm³/mol. The van der Waals surface area contributed by atoms with Crippen LogP contribution in [0.15, 0.2) is 50.5 Å². The molecule has 172 valence electrons. The molecule has 1 aliphatic carbocycles. The molecule has 0 spiro atoms. The molecule has 2 aromatic rings. The van der Waals surface area contributed by atoms with Crippen molar-refractivity contribution in [1.82, 2.24) is 20.3 Å². The molecule has 1 saturated carbocycles. The lowest BCUT2D eigenvalue weighted by Crippen LogP contribution is -2.44. The van der Waals surface area contributed by atoms with E-state index in [-0.39, 0.29) is 11.8 Å². The Labute approximate surface area is 197 Å². The van der Waals surface area contributed by atoms with Crippen LogP contribution in [0.5, 0.6) is 0 Å². The average molecular weight is 465 g/mol. The number of carbonyl (C=O) groups is 1. The molecule has 1 amide bonds. The summed E-state index contributed by atoms with van der Waals surface area (Å²) in [5, 5.41) is 7.84. The number of likely N-dealkylation sites (N-methyl/N-ethyl adjacent to an activating group) is 1. The minimum atomic E-state index is 0.113. The van der Waals surface area contributed by atoms with E-state index in [0.717, 1.165) is 67.0 Å². The van der Waals surface area contributed by atoms with Gasteiger partial charge in [0.05, 0.1) is 0 Å². The molecular weight excluding hydrogens is 436 g/mol. The van der Waals surface area contributed by atoms with E-state index in [2.05, 4.69) is 32.7 Å². The Morgan fingerprint density at radius 3 is 2.58 bits per heavy atom. The van der Waals surface area contributed by atoms with Crippen LogP contribution in [0, 0.1) is 5.92 Å². The number of hydrazone groups is 1. The van der Waals surface area contributed by atoms with Gasteiger partial charge >= 0.3 is 0 Å². The number of nitrogens with zero attached hydrogens (tertiary/aromatic N) is 6. The lowest BCUT2D eigenvalue weighted by Gasteiger charge is -2.33. The largest absolute Gasteiger partial charge is 0.354 e. The standard InChI is InChI=1S/C23H28N8OS/c1-15-13-20(29-28-15)25-19-14-21(31-11-9-30(2)10-12-31)27-23(26-19)33-18-7-5-17(6-8-18)24-22(32)16-3-4-16/h5-8,14,16H,3-4,9-13H2,1-2H3,(H,24,32)(H,25,26,27,29). The third-order valence-electron chi connectivity index (χ3n) is 5.83. The Balaban J connectivity index is 1.35. The van der Waals surface area contributed by atoms with Gasteiger partial charge in [-0.25, -0.2) is 15.0 Å². The van der Waals surface area contributed by atoms with Gasteiger partial charge < -0.3 is 15.1 Å². The van der Waals surface area contributed by atoms with Crippen LogP contribution in [0.2, 0.25) is 0 Å². The van der Waals surface area contributed by atoms with E-state index >= 15 is 0 Å². The summed E-state index contributed by atoms with van der Waals surface area (Å²) in [6, 6.07) is 9.78. The van der Waals surface area contributed by atoms with Gasteiger partial charge in [0.25, 0.3) is 0 Å². The number of aromatic nitrogens is 2. The Morgan fingerprint density at radius 2 is 1.91 bits per heavy atom. The molecule has 3 heterocycles. The fourth-order valence-electron chi connectivity index (χ4n) is 3.69. The molecule has 0 unspecified atom stereocenters. The van der Waals surface area contributed by atoms with E-state index in [1.807, 2.05) is 37.3 Å². The number of amides is 1. The van der Waals surface area contributed by atoms with Crippen molar-refractivity contribution in [3.63, 3.8) is 0 Å². The highest BCUT2D eigenvalue weighted by Crippen LogP contribution is 2.32. The third-order valence-corrected chi connectivity index (χ3v) is 6.71. The summed E-state index contributed by atoms with van der Waals surface area (Å²) < 4.78 is 0. The van der Waals surface area contributed by atoms with Crippen LogP contribution in [-0.4, -0.2) is 65.5 Å². The number of hydrogen-bond acceptors (Lipinski definition) is 8. The van der Waals surface area contributed by atoms with E-state index in [1.165, 1.54) is 11.8 Å². The molecule has 5 rings (SSSR count). The van der Waals surface area contributed by atoms with Crippen molar-refractivity contribution in [1.29, 1.82) is 0 Å². The first-order valence-electron chi connectivity index (χ1n) is 11.3. The lowest BCUT2D eigenvalue weighted by atomic mass is 10.3. The van der Waals surface area contributed by atoms with Gasteiger partial charge in [-0.05, 0) is 62.8 Å². The molecular formula is C23H28N8OS. The van der Waals surface area contributed by atoms with Gasteiger partial charge in [-0.1, -0.05) is 0 Å². The molecule has 0 bridgehead atoms. The Bertz CT molecular complexity index is 1090.